The minimum Gasteiger partial charge on any atom is -0.310 e. The van der Waals surface area contributed by atoms with Crippen molar-refractivity contribution in [3.05, 3.63) is 54.5 Å². The molecule has 26 heavy (non-hydrogen) atoms. The van der Waals surface area contributed by atoms with Crippen LogP contribution in [0, 0.1) is 5.82 Å². The number of rotatable bonds is 8. The second kappa shape index (κ2) is 8.61. The summed E-state index contributed by atoms with van der Waals surface area (Å²) in [6.45, 7) is 2.17. The minimum atomic E-state index is -0.326. The van der Waals surface area contributed by atoms with Gasteiger partial charge in [0.05, 0.1) is 0 Å². The van der Waals surface area contributed by atoms with E-state index in [2.05, 4.69) is 17.2 Å². The molecule has 5 heteroatoms. The lowest BCUT2D eigenvalue weighted by atomic mass is 10.1. The van der Waals surface area contributed by atoms with E-state index in [9.17, 15) is 9.18 Å². The fraction of sp³-hybridized carbons (Fsp3) is 0.333. The predicted octanol–water partition coefficient (Wildman–Crippen LogP) is 5.44. The first-order chi connectivity index (χ1) is 12.7. The highest BCUT2D eigenvalue weighted by Crippen LogP contribution is 2.29. The first kappa shape index (κ1) is 18.1. The van der Waals surface area contributed by atoms with Crippen LogP contribution < -0.4 is 5.32 Å². The lowest BCUT2D eigenvalue weighted by Gasteiger charge is -2.08. The van der Waals surface area contributed by atoms with E-state index in [-0.39, 0.29) is 11.7 Å². The van der Waals surface area contributed by atoms with Gasteiger partial charge >= 0.3 is 0 Å². The van der Waals surface area contributed by atoms with E-state index in [1.165, 1.54) is 25.0 Å². The molecule has 1 aromatic carbocycles. The molecule has 0 unspecified atom stereocenters. The number of hydrogen-bond acceptors (Lipinski definition) is 2. The molecular weight excluding hydrogens is 329 g/mol. The van der Waals surface area contributed by atoms with E-state index in [1.54, 1.807) is 12.1 Å². The number of carbonyl (C=O) groups excluding carboxylic acids is 1. The largest absolute Gasteiger partial charge is 0.310 e. The number of imidazole rings is 1. The molecule has 0 aliphatic heterocycles. The number of aromatic nitrogens is 2. The number of amides is 1. The zero-order valence-electron chi connectivity index (χ0n) is 15.0. The van der Waals surface area contributed by atoms with Crippen LogP contribution in [0.4, 0.5) is 10.2 Å². The van der Waals surface area contributed by atoms with Crippen molar-refractivity contribution in [2.75, 3.05) is 5.32 Å². The number of pyridine rings is 1. The van der Waals surface area contributed by atoms with Crippen molar-refractivity contribution >= 4 is 17.4 Å². The van der Waals surface area contributed by atoms with Gasteiger partial charge in [-0.15, -0.1) is 0 Å². The van der Waals surface area contributed by atoms with Gasteiger partial charge in [0.25, 0.3) is 0 Å². The normalized spacial score (nSPS) is 11.0. The number of fused-ring (bicyclic) bond motifs is 1. The third-order valence-electron chi connectivity index (χ3n) is 4.39. The molecule has 0 saturated carbocycles. The van der Waals surface area contributed by atoms with Crippen molar-refractivity contribution in [3.8, 4) is 11.3 Å². The van der Waals surface area contributed by atoms with Gasteiger partial charge in [-0.1, -0.05) is 50.8 Å². The number of anilines is 1. The van der Waals surface area contributed by atoms with Crippen molar-refractivity contribution in [1.29, 1.82) is 0 Å². The number of carbonyl (C=O) groups is 1. The molecule has 0 aliphatic rings. The molecule has 3 aromatic rings. The van der Waals surface area contributed by atoms with Gasteiger partial charge in [-0.05, 0) is 30.7 Å². The third kappa shape index (κ3) is 4.28. The van der Waals surface area contributed by atoms with Crippen molar-refractivity contribution < 1.29 is 9.18 Å². The number of halogens is 1. The van der Waals surface area contributed by atoms with Gasteiger partial charge < -0.3 is 5.32 Å². The minimum absolute atomic E-state index is 0.0372. The van der Waals surface area contributed by atoms with Crippen LogP contribution in [0.5, 0.6) is 0 Å². The Morgan fingerprint density at radius 2 is 1.96 bits per heavy atom. The summed E-state index contributed by atoms with van der Waals surface area (Å²) >= 11 is 0. The summed E-state index contributed by atoms with van der Waals surface area (Å²) in [5.74, 6) is 0.224. The smallest absolute Gasteiger partial charge is 0.225 e. The van der Waals surface area contributed by atoms with Crippen LogP contribution in [0.1, 0.15) is 45.4 Å². The van der Waals surface area contributed by atoms with Crippen LogP contribution in [0.25, 0.3) is 16.9 Å². The molecule has 2 heterocycles. The second-order valence-electron chi connectivity index (χ2n) is 6.46. The SMILES string of the molecule is CCCCCCCC(=O)Nc1c(-c2cccc(F)c2)nc2ccccn12. The number of benzene rings is 1. The van der Waals surface area contributed by atoms with Crippen molar-refractivity contribution in [2.45, 2.75) is 45.4 Å². The average molecular weight is 353 g/mol. The zero-order valence-corrected chi connectivity index (χ0v) is 15.0. The van der Waals surface area contributed by atoms with E-state index < -0.39 is 0 Å². The molecule has 0 radical (unpaired) electrons. The van der Waals surface area contributed by atoms with Crippen molar-refractivity contribution in [3.63, 3.8) is 0 Å². The van der Waals surface area contributed by atoms with Gasteiger partial charge in [-0.25, -0.2) is 9.37 Å². The number of unbranched alkanes of at least 4 members (excludes halogenated alkanes) is 4. The highest BCUT2D eigenvalue weighted by molar-refractivity contribution is 5.94. The van der Waals surface area contributed by atoms with Crippen LogP contribution >= 0.6 is 0 Å². The first-order valence-corrected chi connectivity index (χ1v) is 9.22. The van der Waals surface area contributed by atoms with E-state index in [0.717, 1.165) is 19.3 Å². The first-order valence-electron chi connectivity index (χ1n) is 9.22. The highest BCUT2D eigenvalue weighted by atomic mass is 19.1. The predicted molar refractivity (Wildman–Crippen MR) is 103 cm³/mol. The summed E-state index contributed by atoms with van der Waals surface area (Å²) in [5.41, 5.74) is 1.94. The lowest BCUT2D eigenvalue weighted by molar-refractivity contribution is -0.116. The van der Waals surface area contributed by atoms with Gasteiger partial charge in [0.2, 0.25) is 5.91 Å². The fourth-order valence-electron chi connectivity index (χ4n) is 3.04. The molecule has 0 bridgehead atoms. The summed E-state index contributed by atoms with van der Waals surface area (Å²) in [4.78, 5) is 17.0. The summed E-state index contributed by atoms with van der Waals surface area (Å²) in [6.07, 6.45) is 7.81. The fourth-order valence-corrected chi connectivity index (χ4v) is 3.04. The van der Waals surface area contributed by atoms with Crippen LogP contribution in [-0.4, -0.2) is 15.3 Å². The molecule has 2 aromatic heterocycles. The standard InChI is InChI=1S/C21H24FN3O/c1-2-3-4-5-6-13-19(26)24-21-20(16-10-9-11-17(22)15-16)23-18-12-7-8-14-25(18)21/h7-12,14-15H,2-6,13H2,1H3,(H,24,26). The molecule has 1 amide bonds. The molecule has 0 aliphatic carbocycles. The average Bonchev–Trinajstić information content (AvgIpc) is 3.00. The summed E-state index contributed by atoms with van der Waals surface area (Å²) < 4.78 is 15.5. The Kier molecular flexibility index (Phi) is 6.00. The summed E-state index contributed by atoms with van der Waals surface area (Å²) in [7, 11) is 0. The Morgan fingerprint density at radius 3 is 2.77 bits per heavy atom. The maximum absolute atomic E-state index is 13.6. The Hall–Kier alpha value is -2.69. The number of nitrogens with one attached hydrogen (secondary N) is 1. The van der Waals surface area contributed by atoms with Crippen LogP contribution in [-0.2, 0) is 4.79 Å². The highest BCUT2D eigenvalue weighted by Gasteiger charge is 2.16. The topological polar surface area (TPSA) is 46.4 Å². The second-order valence-corrected chi connectivity index (χ2v) is 6.46. The van der Waals surface area contributed by atoms with Crippen molar-refractivity contribution in [1.82, 2.24) is 9.38 Å². The van der Waals surface area contributed by atoms with Crippen LogP contribution in [0.3, 0.4) is 0 Å². The number of nitrogens with zero attached hydrogens (tertiary/aromatic N) is 2. The maximum Gasteiger partial charge on any atom is 0.225 e. The van der Waals surface area contributed by atoms with Gasteiger partial charge in [0.1, 0.15) is 23.0 Å². The molecule has 1 N–H and O–H groups in total. The van der Waals surface area contributed by atoms with Gasteiger partial charge in [-0.2, -0.15) is 0 Å². The molecule has 0 fully saturated rings. The third-order valence-corrected chi connectivity index (χ3v) is 4.39. The Bertz CT molecular complexity index is 888. The summed E-state index contributed by atoms with van der Waals surface area (Å²) in [5, 5.41) is 2.98. The zero-order chi connectivity index (χ0) is 18.4. The van der Waals surface area contributed by atoms with Gasteiger partial charge in [0.15, 0.2) is 0 Å². The van der Waals surface area contributed by atoms with Gasteiger partial charge in [0, 0.05) is 18.2 Å². The summed E-state index contributed by atoms with van der Waals surface area (Å²) in [6, 6.07) is 11.9. The molecule has 4 nitrogen and oxygen atoms in total. The monoisotopic (exact) mass is 353 g/mol. The quantitative estimate of drug-likeness (QED) is 0.548. The van der Waals surface area contributed by atoms with E-state index in [1.807, 2.05) is 28.8 Å². The number of hydrogen-bond donors (Lipinski definition) is 1. The Morgan fingerprint density at radius 1 is 1.12 bits per heavy atom. The van der Waals surface area contributed by atoms with E-state index in [4.69, 9.17) is 0 Å². The molecule has 0 saturated heterocycles. The Labute approximate surface area is 153 Å². The molecule has 136 valence electrons. The molecule has 0 atom stereocenters. The van der Waals surface area contributed by atoms with E-state index in [0.29, 0.717) is 29.1 Å². The maximum atomic E-state index is 13.6. The molecule has 0 spiro atoms. The van der Waals surface area contributed by atoms with Gasteiger partial charge in [-0.3, -0.25) is 9.20 Å². The Balaban J connectivity index is 1.82. The molecular formula is C21H24FN3O. The lowest BCUT2D eigenvalue weighted by Crippen LogP contribution is -2.13. The van der Waals surface area contributed by atoms with Crippen LogP contribution in [0.2, 0.25) is 0 Å². The van der Waals surface area contributed by atoms with Crippen LogP contribution in [0.15, 0.2) is 48.7 Å². The van der Waals surface area contributed by atoms with Crippen molar-refractivity contribution in [2.24, 2.45) is 0 Å². The molecule has 3 rings (SSSR count). The van der Waals surface area contributed by atoms with E-state index >= 15 is 0 Å².